The summed E-state index contributed by atoms with van der Waals surface area (Å²) < 4.78 is 36.1. The van der Waals surface area contributed by atoms with Gasteiger partial charge in [-0.15, -0.1) is 0 Å². The molecule has 10 heteroatoms. The summed E-state index contributed by atoms with van der Waals surface area (Å²) in [6.45, 7) is 0.791. The molecule has 158 valence electrons. The third-order valence-corrected chi connectivity index (χ3v) is 6.51. The third-order valence-electron chi connectivity index (χ3n) is 4.36. The van der Waals surface area contributed by atoms with Crippen LogP contribution in [0.3, 0.4) is 0 Å². The molecule has 0 saturated carbocycles. The van der Waals surface area contributed by atoms with Gasteiger partial charge in [0, 0.05) is 19.9 Å². The molecule has 3 rings (SSSR count). The van der Waals surface area contributed by atoms with Crippen molar-refractivity contribution >= 4 is 43.3 Å². The number of ether oxygens (including phenoxy) is 2. The largest absolute Gasteiger partial charge is 0.465 e. The minimum absolute atomic E-state index is 0.122. The fraction of sp³-hybridized carbons (Fsp3) is 0.250. The zero-order valence-corrected chi connectivity index (χ0v) is 18.2. The normalized spacial score (nSPS) is 12.3. The van der Waals surface area contributed by atoms with Crippen LogP contribution in [-0.4, -0.2) is 51.9 Å². The van der Waals surface area contributed by atoms with E-state index in [9.17, 15) is 18.0 Å². The molecule has 1 heterocycles. The number of benzene rings is 2. The summed E-state index contributed by atoms with van der Waals surface area (Å²) in [5.74, 6) is -1.23. The maximum atomic E-state index is 12.9. The lowest BCUT2D eigenvalue weighted by Gasteiger charge is -2.06. The standard InChI is InChI=1S/C20H20N2O6S2/c1-27-11-10-22-16-9-8-13(30(3,25)26)12-17(16)29-20(22)21-18(23)14-6-4-5-7-15(14)19(24)28-2/h4-9,12H,10-11H2,1-3H3. The van der Waals surface area contributed by atoms with Crippen molar-refractivity contribution in [3.8, 4) is 0 Å². The zero-order chi connectivity index (χ0) is 21.9. The summed E-state index contributed by atoms with van der Waals surface area (Å²) in [5.41, 5.74) is 0.979. The Kier molecular flexibility index (Phi) is 6.49. The fourth-order valence-electron chi connectivity index (χ4n) is 2.87. The summed E-state index contributed by atoms with van der Waals surface area (Å²) in [5, 5.41) is 0. The number of aromatic nitrogens is 1. The van der Waals surface area contributed by atoms with Gasteiger partial charge in [0.1, 0.15) is 0 Å². The predicted octanol–water partition coefficient (Wildman–Crippen LogP) is 2.28. The van der Waals surface area contributed by atoms with Crippen molar-refractivity contribution in [1.82, 2.24) is 4.57 Å². The van der Waals surface area contributed by atoms with Gasteiger partial charge in [-0.05, 0) is 30.3 Å². The average molecular weight is 449 g/mol. The maximum Gasteiger partial charge on any atom is 0.338 e. The molecular weight excluding hydrogens is 428 g/mol. The predicted molar refractivity (Wildman–Crippen MR) is 112 cm³/mol. The van der Waals surface area contributed by atoms with Crippen LogP contribution >= 0.6 is 11.3 Å². The summed E-state index contributed by atoms with van der Waals surface area (Å²) in [7, 11) is -0.573. The van der Waals surface area contributed by atoms with Crippen LogP contribution in [0, 0.1) is 0 Å². The van der Waals surface area contributed by atoms with Crippen molar-refractivity contribution in [1.29, 1.82) is 0 Å². The summed E-state index contributed by atoms with van der Waals surface area (Å²) in [6, 6.07) is 11.0. The SMILES string of the molecule is COCCn1c(=NC(=O)c2ccccc2C(=O)OC)sc2cc(S(C)(=O)=O)ccc21. The molecule has 1 amide bonds. The highest BCUT2D eigenvalue weighted by Crippen LogP contribution is 2.22. The van der Waals surface area contributed by atoms with Crippen molar-refractivity contribution in [2.45, 2.75) is 11.4 Å². The van der Waals surface area contributed by atoms with E-state index in [-0.39, 0.29) is 16.0 Å². The van der Waals surface area contributed by atoms with E-state index in [0.29, 0.717) is 22.7 Å². The summed E-state index contributed by atoms with van der Waals surface area (Å²) >= 11 is 1.19. The quantitative estimate of drug-likeness (QED) is 0.536. The molecule has 0 unspecified atom stereocenters. The Labute approximate surface area is 177 Å². The lowest BCUT2D eigenvalue weighted by atomic mass is 10.1. The molecule has 2 aromatic carbocycles. The maximum absolute atomic E-state index is 12.9. The lowest BCUT2D eigenvalue weighted by molar-refractivity contribution is 0.0597. The number of thiazole rings is 1. The Bertz CT molecular complexity index is 1290. The van der Waals surface area contributed by atoms with Crippen LogP contribution in [0.15, 0.2) is 52.4 Å². The van der Waals surface area contributed by atoms with E-state index in [4.69, 9.17) is 9.47 Å². The highest BCUT2D eigenvalue weighted by atomic mass is 32.2. The van der Waals surface area contributed by atoms with E-state index in [2.05, 4.69) is 4.99 Å². The Morgan fingerprint density at radius 3 is 2.43 bits per heavy atom. The second-order valence-corrected chi connectivity index (χ2v) is 9.41. The van der Waals surface area contributed by atoms with Gasteiger partial charge in [-0.2, -0.15) is 4.99 Å². The Hall–Kier alpha value is -2.82. The highest BCUT2D eigenvalue weighted by molar-refractivity contribution is 7.90. The second kappa shape index (κ2) is 8.90. The Morgan fingerprint density at radius 2 is 1.80 bits per heavy atom. The van der Waals surface area contributed by atoms with Crippen LogP contribution in [0.4, 0.5) is 0 Å². The molecule has 8 nitrogen and oxygen atoms in total. The number of esters is 1. The minimum atomic E-state index is -3.38. The van der Waals surface area contributed by atoms with Crippen molar-refractivity contribution < 1.29 is 27.5 Å². The molecule has 0 fully saturated rings. The lowest BCUT2D eigenvalue weighted by Crippen LogP contribution is -2.20. The van der Waals surface area contributed by atoms with E-state index in [1.165, 1.54) is 36.6 Å². The smallest absolute Gasteiger partial charge is 0.338 e. The van der Waals surface area contributed by atoms with E-state index < -0.39 is 21.7 Å². The number of carbonyl (C=O) groups excluding carboxylic acids is 2. The molecule has 3 aromatic rings. The molecule has 0 N–H and O–H groups in total. The number of nitrogens with zero attached hydrogens (tertiary/aromatic N) is 2. The van der Waals surface area contributed by atoms with Gasteiger partial charge in [0.05, 0.1) is 40.0 Å². The molecule has 0 bridgehead atoms. The number of amides is 1. The molecule has 0 atom stereocenters. The minimum Gasteiger partial charge on any atom is -0.465 e. The van der Waals surface area contributed by atoms with E-state index >= 15 is 0 Å². The molecule has 30 heavy (non-hydrogen) atoms. The average Bonchev–Trinajstić information content (AvgIpc) is 3.07. The second-order valence-electron chi connectivity index (χ2n) is 6.38. The first-order valence-electron chi connectivity index (χ1n) is 8.85. The van der Waals surface area contributed by atoms with Crippen molar-refractivity contribution in [3.63, 3.8) is 0 Å². The van der Waals surface area contributed by atoms with Crippen LogP contribution in [0.5, 0.6) is 0 Å². The van der Waals surface area contributed by atoms with E-state index in [0.717, 1.165) is 11.8 Å². The number of rotatable bonds is 6. The number of fused-ring (bicyclic) bond motifs is 1. The van der Waals surface area contributed by atoms with Crippen LogP contribution in [0.2, 0.25) is 0 Å². The van der Waals surface area contributed by atoms with Crippen LogP contribution in [0.25, 0.3) is 10.2 Å². The third kappa shape index (κ3) is 4.50. The van der Waals surface area contributed by atoms with Gasteiger partial charge in [0.25, 0.3) is 5.91 Å². The Morgan fingerprint density at radius 1 is 1.10 bits per heavy atom. The van der Waals surface area contributed by atoms with Crippen LogP contribution < -0.4 is 4.80 Å². The van der Waals surface area contributed by atoms with E-state index in [1.807, 2.05) is 0 Å². The monoisotopic (exact) mass is 448 g/mol. The van der Waals surface area contributed by atoms with Crippen molar-refractivity contribution in [2.24, 2.45) is 4.99 Å². The highest BCUT2D eigenvalue weighted by Gasteiger charge is 2.18. The molecule has 0 saturated heterocycles. The molecule has 0 radical (unpaired) electrons. The number of methoxy groups -OCH3 is 2. The topological polar surface area (TPSA) is 104 Å². The Balaban J connectivity index is 2.18. The number of carbonyl (C=O) groups is 2. The van der Waals surface area contributed by atoms with Gasteiger partial charge in [-0.1, -0.05) is 23.5 Å². The fourth-order valence-corrected chi connectivity index (χ4v) is 4.69. The van der Waals surface area contributed by atoms with E-state index in [1.54, 1.807) is 35.9 Å². The molecule has 0 aliphatic heterocycles. The first-order valence-corrected chi connectivity index (χ1v) is 11.6. The van der Waals surface area contributed by atoms with Gasteiger partial charge >= 0.3 is 5.97 Å². The number of hydrogen-bond donors (Lipinski definition) is 0. The number of hydrogen-bond acceptors (Lipinski definition) is 7. The van der Waals surface area contributed by atoms with Gasteiger partial charge in [0.2, 0.25) is 0 Å². The molecule has 0 spiro atoms. The molecule has 0 aliphatic carbocycles. The van der Waals surface area contributed by atoms with Gasteiger partial charge in [-0.3, -0.25) is 4.79 Å². The molecular formula is C20H20N2O6S2. The zero-order valence-electron chi connectivity index (χ0n) is 16.6. The first kappa shape index (κ1) is 21.9. The first-order chi connectivity index (χ1) is 14.3. The van der Waals surface area contributed by atoms with Crippen molar-refractivity contribution in [3.05, 3.63) is 58.4 Å². The molecule has 0 aliphatic rings. The number of sulfone groups is 1. The molecule has 1 aromatic heterocycles. The van der Waals surface area contributed by atoms with Crippen LogP contribution in [0.1, 0.15) is 20.7 Å². The summed E-state index contributed by atoms with van der Waals surface area (Å²) in [4.78, 5) is 29.6. The van der Waals surface area contributed by atoms with Gasteiger partial charge in [0.15, 0.2) is 14.6 Å². The van der Waals surface area contributed by atoms with Gasteiger partial charge < -0.3 is 14.0 Å². The van der Waals surface area contributed by atoms with Crippen molar-refractivity contribution in [2.75, 3.05) is 27.1 Å². The van der Waals surface area contributed by atoms with Gasteiger partial charge in [-0.25, -0.2) is 13.2 Å². The van der Waals surface area contributed by atoms with Crippen LogP contribution in [-0.2, 0) is 25.9 Å². The summed E-state index contributed by atoms with van der Waals surface area (Å²) in [6.07, 6.45) is 1.14.